The summed E-state index contributed by atoms with van der Waals surface area (Å²) in [5.41, 5.74) is 2.22. The highest BCUT2D eigenvalue weighted by Crippen LogP contribution is 2.30. The number of nitrogens with zero attached hydrogens (tertiary/aromatic N) is 1. The molecule has 0 atom stereocenters. The second-order valence-corrected chi connectivity index (χ2v) is 4.38. The molecule has 0 N–H and O–H groups in total. The zero-order chi connectivity index (χ0) is 12.4. The highest BCUT2D eigenvalue weighted by atomic mass is 16.5. The van der Waals surface area contributed by atoms with Crippen LogP contribution in [-0.2, 0) is 17.6 Å². The van der Waals surface area contributed by atoms with Crippen LogP contribution in [0.2, 0.25) is 0 Å². The van der Waals surface area contributed by atoms with Gasteiger partial charge in [0.15, 0.2) is 0 Å². The van der Waals surface area contributed by atoms with Gasteiger partial charge in [0, 0.05) is 25.1 Å². The van der Waals surface area contributed by atoms with Crippen molar-refractivity contribution in [1.29, 1.82) is 0 Å². The van der Waals surface area contributed by atoms with Crippen molar-refractivity contribution in [3.05, 3.63) is 53.7 Å². The van der Waals surface area contributed by atoms with Crippen LogP contribution < -0.4 is 4.74 Å². The molecule has 90 valence electrons. The number of pyridine rings is 1. The van der Waals surface area contributed by atoms with Gasteiger partial charge in [-0.1, -0.05) is 18.2 Å². The molecule has 1 aromatic heterocycles. The topological polar surface area (TPSA) is 39.2 Å². The van der Waals surface area contributed by atoms with Gasteiger partial charge < -0.3 is 4.74 Å². The Morgan fingerprint density at radius 2 is 2.00 bits per heavy atom. The quantitative estimate of drug-likeness (QED) is 0.808. The van der Waals surface area contributed by atoms with Crippen LogP contribution in [0.5, 0.6) is 11.6 Å². The number of carbonyl (C=O) groups excluding carboxylic acids is 1. The number of fused-ring (bicyclic) bond motifs is 1. The number of ketones is 1. The number of hydrogen-bond acceptors (Lipinski definition) is 3. The molecule has 0 radical (unpaired) electrons. The van der Waals surface area contributed by atoms with Crippen LogP contribution in [0.15, 0.2) is 42.6 Å². The van der Waals surface area contributed by atoms with Gasteiger partial charge >= 0.3 is 0 Å². The molecule has 1 aliphatic rings. The maximum atomic E-state index is 11.4. The molecule has 0 spiro atoms. The van der Waals surface area contributed by atoms with Gasteiger partial charge in [0.2, 0.25) is 5.88 Å². The minimum absolute atomic E-state index is 0.303. The lowest BCUT2D eigenvalue weighted by molar-refractivity contribution is -0.118. The van der Waals surface area contributed by atoms with Gasteiger partial charge in [-0.2, -0.15) is 0 Å². The van der Waals surface area contributed by atoms with Crippen LogP contribution in [0.1, 0.15) is 17.5 Å². The van der Waals surface area contributed by atoms with E-state index in [1.807, 2.05) is 36.4 Å². The number of aromatic nitrogens is 1. The molecule has 0 bridgehead atoms. The molecule has 18 heavy (non-hydrogen) atoms. The molecule has 3 heteroatoms. The third-order valence-electron chi connectivity index (χ3n) is 3.12. The van der Waals surface area contributed by atoms with E-state index in [0.29, 0.717) is 24.5 Å². The lowest BCUT2D eigenvalue weighted by Gasteiger charge is -2.18. The number of Topliss-reactive ketones (excluding diaryl/α,β-unsaturated/α-hetero) is 1. The highest BCUT2D eigenvalue weighted by molar-refractivity contribution is 5.83. The highest BCUT2D eigenvalue weighted by Gasteiger charge is 2.19. The van der Waals surface area contributed by atoms with E-state index >= 15 is 0 Å². The molecule has 3 rings (SSSR count). The Morgan fingerprint density at radius 3 is 2.83 bits per heavy atom. The molecule has 3 nitrogen and oxygen atoms in total. The first kappa shape index (κ1) is 11.0. The smallest absolute Gasteiger partial charge is 0.219 e. The van der Waals surface area contributed by atoms with Crippen molar-refractivity contribution in [3.8, 4) is 11.6 Å². The summed E-state index contributed by atoms with van der Waals surface area (Å²) < 4.78 is 5.79. The molecule has 0 amide bonds. The van der Waals surface area contributed by atoms with Crippen LogP contribution in [0, 0.1) is 0 Å². The van der Waals surface area contributed by atoms with E-state index in [1.165, 1.54) is 0 Å². The minimum atomic E-state index is 0.303. The molecule has 1 aromatic carbocycles. The largest absolute Gasteiger partial charge is 0.439 e. The zero-order valence-corrected chi connectivity index (χ0v) is 9.93. The van der Waals surface area contributed by atoms with Crippen molar-refractivity contribution in [2.45, 2.75) is 19.3 Å². The first-order valence-corrected chi connectivity index (χ1v) is 6.04. The fraction of sp³-hybridized carbons (Fsp3) is 0.200. The third kappa shape index (κ3) is 2.12. The Hall–Kier alpha value is -2.16. The van der Waals surface area contributed by atoms with Gasteiger partial charge in [-0.25, -0.2) is 4.98 Å². The van der Waals surface area contributed by atoms with Crippen LogP contribution >= 0.6 is 0 Å². The van der Waals surface area contributed by atoms with Crippen molar-refractivity contribution in [1.82, 2.24) is 4.98 Å². The monoisotopic (exact) mass is 239 g/mol. The van der Waals surface area contributed by atoms with E-state index in [1.54, 1.807) is 6.20 Å². The van der Waals surface area contributed by atoms with Gasteiger partial charge in [0.05, 0.1) is 0 Å². The molecule has 0 fully saturated rings. The summed E-state index contributed by atoms with van der Waals surface area (Å²) in [6.45, 7) is 0. The van der Waals surface area contributed by atoms with Crippen molar-refractivity contribution in [3.63, 3.8) is 0 Å². The fourth-order valence-corrected chi connectivity index (χ4v) is 2.24. The van der Waals surface area contributed by atoms with Crippen LogP contribution in [-0.4, -0.2) is 10.8 Å². The molecule has 0 saturated carbocycles. The van der Waals surface area contributed by atoms with E-state index in [9.17, 15) is 4.79 Å². The average Bonchev–Trinajstić information content (AvgIpc) is 2.40. The van der Waals surface area contributed by atoms with Crippen LogP contribution in [0.25, 0.3) is 0 Å². The predicted octanol–water partition coefficient (Wildman–Crippen LogP) is 2.93. The molecule has 0 saturated heterocycles. The summed E-state index contributed by atoms with van der Waals surface area (Å²) in [6, 6.07) is 11.4. The van der Waals surface area contributed by atoms with Crippen LogP contribution in [0.4, 0.5) is 0 Å². The van der Waals surface area contributed by atoms with Gasteiger partial charge in [0.25, 0.3) is 0 Å². The maximum Gasteiger partial charge on any atom is 0.219 e. The minimum Gasteiger partial charge on any atom is -0.439 e. The zero-order valence-electron chi connectivity index (χ0n) is 9.93. The molecule has 1 aliphatic carbocycles. The predicted molar refractivity (Wildman–Crippen MR) is 67.8 cm³/mol. The van der Waals surface area contributed by atoms with E-state index in [-0.39, 0.29) is 0 Å². The SMILES string of the molecule is O=C1CCc2c(cccc2Oc2ccccn2)C1. The number of rotatable bonds is 2. The third-order valence-corrected chi connectivity index (χ3v) is 3.12. The molecule has 0 aliphatic heterocycles. The summed E-state index contributed by atoms with van der Waals surface area (Å²) in [5.74, 6) is 1.71. The van der Waals surface area contributed by atoms with Crippen LogP contribution in [0.3, 0.4) is 0 Å². The normalized spacial score (nSPS) is 14.1. The van der Waals surface area contributed by atoms with Gasteiger partial charge in [0.1, 0.15) is 11.5 Å². The van der Waals surface area contributed by atoms with Crippen molar-refractivity contribution in [2.75, 3.05) is 0 Å². The maximum absolute atomic E-state index is 11.4. The Bertz CT molecular complexity index is 578. The molecular formula is C15H13NO2. The van der Waals surface area contributed by atoms with Gasteiger partial charge in [-0.05, 0) is 29.7 Å². The lowest BCUT2D eigenvalue weighted by atomic mass is 9.90. The molecule has 1 heterocycles. The Morgan fingerprint density at radius 1 is 1.06 bits per heavy atom. The van der Waals surface area contributed by atoms with Crippen molar-refractivity contribution in [2.24, 2.45) is 0 Å². The van der Waals surface area contributed by atoms with E-state index in [0.717, 1.165) is 23.3 Å². The number of benzene rings is 1. The molecule has 0 unspecified atom stereocenters. The summed E-state index contributed by atoms with van der Waals surface area (Å²) in [6.07, 6.45) is 3.59. The summed E-state index contributed by atoms with van der Waals surface area (Å²) in [5, 5.41) is 0. The Balaban J connectivity index is 1.94. The standard InChI is InChI=1S/C15H13NO2/c17-12-7-8-13-11(10-12)4-3-5-14(13)18-15-6-1-2-9-16-15/h1-6,9H,7-8,10H2. The Kier molecular flexibility index (Phi) is 2.81. The molecule has 2 aromatic rings. The second-order valence-electron chi connectivity index (χ2n) is 4.38. The van der Waals surface area contributed by atoms with Crippen molar-refractivity contribution < 1.29 is 9.53 Å². The van der Waals surface area contributed by atoms with Crippen molar-refractivity contribution >= 4 is 5.78 Å². The fourth-order valence-electron chi connectivity index (χ4n) is 2.24. The average molecular weight is 239 g/mol. The van der Waals surface area contributed by atoms with Gasteiger partial charge in [-0.15, -0.1) is 0 Å². The Labute approximate surface area is 105 Å². The van der Waals surface area contributed by atoms with E-state index in [4.69, 9.17) is 4.74 Å². The number of ether oxygens (including phenoxy) is 1. The molecular weight excluding hydrogens is 226 g/mol. The first-order valence-electron chi connectivity index (χ1n) is 6.04. The first-order chi connectivity index (χ1) is 8.83. The van der Waals surface area contributed by atoms with E-state index in [2.05, 4.69) is 4.98 Å². The number of hydrogen-bond donors (Lipinski definition) is 0. The summed E-state index contributed by atoms with van der Waals surface area (Å²) in [4.78, 5) is 15.6. The van der Waals surface area contributed by atoms with E-state index < -0.39 is 0 Å². The summed E-state index contributed by atoms with van der Waals surface area (Å²) >= 11 is 0. The number of carbonyl (C=O) groups is 1. The second kappa shape index (κ2) is 4.61. The lowest BCUT2D eigenvalue weighted by Crippen LogP contribution is -2.13. The van der Waals surface area contributed by atoms with Gasteiger partial charge in [-0.3, -0.25) is 4.79 Å². The summed E-state index contributed by atoms with van der Waals surface area (Å²) in [7, 11) is 0.